The molecule has 0 aliphatic carbocycles. The van der Waals surface area contributed by atoms with Crippen molar-refractivity contribution in [2.45, 2.75) is 47.9 Å². The smallest absolute Gasteiger partial charge is 0.251 e. The van der Waals surface area contributed by atoms with Gasteiger partial charge in [0.25, 0.3) is 5.91 Å². The number of thiophene rings is 1. The van der Waals surface area contributed by atoms with Gasteiger partial charge in [-0.25, -0.2) is 0 Å². The molecule has 3 aliphatic heterocycles. The summed E-state index contributed by atoms with van der Waals surface area (Å²) in [6.07, 6.45) is 2.37. The predicted molar refractivity (Wildman–Crippen MR) is 114 cm³/mol. The molecule has 2 bridgehead atoms. The number of hydrogen-bond acceptors (Lipinski definition) is 5. The van der Waals surface area contributed by atoms with E-state index < -0.39 is 0 Å². The van der Waals surface area contributed by atoms with Crippen molar-refractivity contribution in [2.24, 2.45) is 5.92 Å². The molecule has 2 unspecified atom stereocenters. The second kappa shape index (κ2) is 8.27. The van der Waals surface area contributed by atoms with Gasteiger partial charge in [0, 0.05) is 34.8 Å². The number of amides is 2. The molecule has 5 nitrogen and oxygen atoms in total. The molecule has 2 amide bonds. The number of rotatable bonds is 5. The Balaban J connectivity index is 1.37. The van der Waals surface area contributed by atoms with Crippen molar-refractivity contribution in [1.29, 1.82) is 0 Å². The normalized spacial score (nSPS) is 26.1. The topological polar surface area (TPSA) is 61.4 Å². The van der Waals surface area contributed by atoms with Crippen LogP contribution < -0.4 is 10.6 Å². The van der Waals surface area contributed by atoms with Gasteiger partial charge >= 0.3 is 0 Å². The molecule has 2 aromatic rings. The minimum Gasteiger partial charge on any atom is -0.347 e. The van der Waals surface area contributed by atoms with Crippen LogP contribution in [0.2, 0.25) is 0 Å². The van der Waals surface area contributed by atoms with Crippen molar-refractivity contribution in [1.82, 2.24) is 10.2 Å². The van der Waals surface area contributed by atoms with Crippen LogP contribution in [0.4, 0.5) is 5.69 Å². The van der Waals surface area contributed by atoms with Crippen LogP contribution in [0.15, 0.2) is 44.8 Å². The summed E-state index contributed by atoms with van der Waals surface area (Å²) >= 11 is 3.22. The Hall–Kier alpha value is -1.83. The van der Waals surface area contributed by atoms with Gasteiger partial charge in [-0.2, -0.15) is 0 Å². The second-order valence-corrected chi connectivity index (χ2v) is 9.86. The lowest BCUT2D eigenvalue weighted by molar-refractivity contribution is -0.114. The van der Waals surface area contributed by atoms with Crippen molar-refractivity contribution >= 4 is 40.6 Å². The molecule has 148 valence electrons. The van der Waals surface area contributed by atoms with E-state index in [0.29, 0.717) is 17.5 Å². The highest BCUT2D eigenvalue weighted by molar-refractivity contribution is 8.01. The molecule has 0 radical (unpaired) electrons. The average molecular weight is 416 g/mol. The fourth-order valence-corrected chi connectivity index (χ4v) is 6.09. The van der Waals surface area contributed by atoms with Crippen LogP contribution in [0.25, 0.3) is 0 Å². The van der Waals surface area contributed by atoms with Crippen LogP contribution >= 0.6 is 23.1 Å². The highest BCUT2D eigenvalue weighted by atomic mass is 32.2. The first-order valence-corrected chi connectivity index (χ1v) is 11.4. The van der Waals surface area contributed by atoms with Gasteiger partial charge in [-0.1, -0.05) is 11.8 Å². The highest BCUT2D eigenvalue weighted by Gasteiger charge is 2.40. The van der Waals surface area contributed by atoms with Crippen molar-refractivity contribution in [2.75, 3.05) is 18.4 Å². The second-order valence-electron chi connectivity index (χ2n) is 7.58. The Morgan fingerprint density at radius 2 is 1.89 bits per heavy atom. The summed E-state index contributed by atoms with van der Waals surface area (Å²) in [5.41, 5.74) is 1.53. The van der Waals surface area contributed by atoms with Gasteiger partial charge in [-0.15, -0.1) is 11.3 Å². The standard InChI is InChI=1S/C21H25N3O2S2/c1-13-20(15-7-9-24(13)10-8-15)23-21(26)16-3-5-18(6-4-16)28-19-11-17(12-27-19)22-14(2)25/h3-6,11-13,15,20H,7-10H2,1-2H3,(H,22,25)(H,23,26). The Labute approximate surface area is 173 Å². The fraction of sp³-hybridized carbons (Fsp3) is 0.429. The van der Waals surface area contributed by atoms with E-state index in [4.69, 9.17) is 0 Å². The van der Waals surface area contributed by atoms with Gasteiger partial charge in [0.05, 0.1) is 9.90 Å². The molecule has 3 fully saturated rings. The van der Waals surface area contributed by atoms with Crippen LogP contribution in [-0.4, -0.2) is 41.9 Å². The van der Waals surface area contributed by atoms with E-state index in [2.05, 4.69) is 22.5 Å². The molecule has 3 saturated heterocycles. The van der Waals surface area contributed by atoms with Gasteiger partial charge in [-0.05, 0) is 69.1 Å². The Kier molecular flexibility index (Phi) is 5.75. The molecule has 5 rings (SSSR count). The van der Waals surface area contributed by atoms with Crippen molar-refractivity contribution in [3.05, 3.63) is 41.3 Å². The third kappa shape index (κ3) is 4.26. The lowest BCUT2D eigenvalue weighted by atomic mass is 9.79. The predicted octanol–water partition coefficient (Wildman–Crippen LogP) is 4.07. The number of nitrogens with one attached hydrogen (secondary N) is 2. The van der Waals surface area contributed by atoms with Gasteiger partial charge in [-0.3, -0.25) is 14.5 Å². The van der Waals surface area contributed by atoms with E-state index in [-0.39, 0.29) is 17.9 Å². The number of carbonyl (C=O) groups excluding carboxylic acids is 2. The molecule has 7 heteroatoms. The summed E-state index contributed by atoms with van der Waals surface area (Å²) in [7, 11) is 0. The number of carbonyl (C=O) groups is 2. The average Bonchev–Trinajstić information content (AvgIpc) is 3.11. The van der Waals surface area contributed by atoms with E-state index in [1.807, 2.05) is 35.7 Å². The maximum atomic E-state index is 12.7. The molecule has 4 heterocycles. The lowest BCUT2D eigenvalue weighted by Crippen LogP contribution is -2.62. The molecular formula is C21H25N3O2S2. The zero-order chi connectivity index (χ0) is 19.7. The summed E-state index contributed by atoms with van der Waals surface area (Å²) in [6.45, 7) is 6.06. The van der Waals surface area contributed by atoms with Crippen LogP contribution in [0.1, 0.15) is 37.0 Å². The van der Waals surface area contributed by atoms with Gasteiger partial charge in [0.15, 0.2) is 0 Å². The van der Waals surface area contributed by atoms with E-state index in [1.54, 1.807) is 23.1 Å². The lowest BCUT2D eigenvalue weighted by Gasteiger charge is -2.49. The molecular weight excluding hydrogens is 390 g/mol. The van der Waals surface area contributed by atoms with Crippen LogP contribution in [0.5, 0.6) is 0 Å². The van der Waals surface area contributed by atoms with E-state index in [0.717, 1.165) is 27.9 Å². The van der Waals surface area contributed by atoms with E-state index in [1.165, 1.54) is 19.8 Å². The first-order valence-electron chi connectivity index (χ1n) is 9.68. The van der Waals surface area contributed by atoms with Gasteiger partial charge in [0.1, 0.15) is 0 Å². The fourth-order valence-electron chi connectivity index (χ4n) is 4.21. The number of piperidine rings is 3. The molecule has 1 aromatic carbocycles. The maximum absolute atomic E-state index is 12.7. The summed E-state index contributed by atoms with van der Waals surface area (Å²) in [6, 6.07) is 10.4. The number of hydrogen-bond donors (Lipinski definition) is 2. The van der Waals surface area contributed by atoms with Crippen LogP contribution in [0, 0.1) is 5.92 Å². The Morgan fingerprint density at radius 1 is 1.18 bits per heavy atom. The number of anilines is 1. The highest BCUT2D eigenvalue weighted by Crippen LogP contribution is 2.35. The van der Waals surface area contributed by atoms with Crippen molar-refractivity contribution in [3.63, 3.8) is 0 Å². The third-order valence-electron chi connectivity index (χ3n) is 5.71. The molecule has 0 spiro atoms. The number of benzene rings is 1. The van der Waals surface area contributed by atoms with Gasteiger partial charge in [0.2, 0.25) is 5.91 Å². The quantitative estimate of drug-likeness (QED) is 0.773. The summed E-state index contributed by atoms with van der Waals surface area (Å²) < 4.78 is 1.10. The zero-order valence-electron chi connectivity index (χ0n) is 16.1. The summed E-state index contributed by atoms with van der Waals surface area (Å²) in [5.74, 6) is 0.559. The zero-order valence-corrected chi connectivity index (χ0v) is 17.7. The Bertz CT molecular complexity index is 855. The van der Waals surface area contributed by atoms with Crippen molar-refractivity contribution in [3.8, 4) is 0 Å². The van der Waals surface area contributed by atoms with Gasteiger partial charge < -0.3 is 10.6 Å². The minimum atomic E-state index is -0.0676. The van der Waals surface area contributed by atoms with Crippen LogP contribution in [-0.2, 0) is 4.79 Å². The largest absolute Gasteiger partial charge is 0.347 e. The van der Waals surface area contributed by atoms with E-state index >= 15 is 0 Å². The summed E-state index contributed by atoms with van der Waals surface area (Å²) in [4.78, 5) is 27.4. The molecule has 0 saturated carbocycles. The number of nitrogens with zero attached hydrogens (tertiary/aromatic N) is 1. The first kappa shape index (κ1) is 19.5. The molecule has 2 N–H and O–H groups in total. The van der Waals surface area contributed by atoms with Crippen LogP contribution in [0.3, 0.4) is 0 Å². The molecule has 1 aromatic heterocycles. The molecule has 2 atom stereocenters. The number of fused-ring (bicyclic) bond motifs is 3. The maximum Gasteiger partial charge on any atom is 0.251 e. The van der Waals surface area contributed by atoms with Crippen molar-refractivity contribution < 1.29 is 9.59 Å². The third-order valence-corrected chi connectivity index (χ3v) is 7.79. The minimum absolute atomic E-state index is 0.0196. The molecule has 28 heavy (non-hydrogen) atoms. The monoisotopic (exact) mass is 415 g/mol. The Morgan fingerprint density at radius 3 is 2.54 bits per heavy atom. The SMILES string of the molecule is CC(=O)Nc1csc(Sc2ccc(C(=O)NC3C4CCN(CC4)C3C)cc2)c1. The molecule has 3 aliphatic rings. The summed E-state index contributed by atoms with van der Waals surface area (Å²) in [5, 5.41) is 8.00. The first-order chi connectivity index (χ1) is 13.5. The van der Waals surface area contributed by atoms with E-state index in [9.17, 15) is 9.59 Å².